The van der Waals surface area contributed by atoms with E-state index in [2.05, 4.69) is 40.8 Å². The van der Waals surface area contributed by atoms with Crippen LogP contribution in [0.25, 0.3) is 0 Å². The fraction of sp³-hybridized carbons (Fsp3) is 0.250. The third-order valence-electron chi connectivity index (χ3n) is 3.57. The van der Waals surface area contributed by atoms with E-state index in [0.717, 1.165) is 12.1 Å². The molecule has 0 spiro atoms. The quantitative estimate of drug-likeness (QED) is 0.788. The van der Waals surface area contributed by atoms with E-state index in [4.69, 9.17) is 0 Å². The van der Waals surface area contributed by atoms with Crippen LogP contribution < -0.4 is 0 Å². The maximum Gasteiger partial charge on any atom is 0.112 e. The molecule has 0 atom stereocenters. The van der Waals surface area contributed by atoms with Crippen LogP contribution in [0.15, 0.2) is 41.8 Å². The topological polar surface area (TPSA) is 50.9 Å². The van der Waals surface area contributed by atoms with Crippen LogP contribution >= 0.6 is 11.3 Å². The van der Waals surface area contributed by atoms with E-state index in [1.807, 2.05) is 22.9 Å². The summed E-state index contributed by atoms with van der Waals surface area (Å²) in [6, 6.07) is 12.4. The molecule has 0 amide bonds. The van der Waals surface area contributed by atoms with Crippen LogP contribution in [0.2, 0.25) is 0 Å². The van der Waals surface area contributed by atoms with Gasteiger partial charge in [-0.2, -0.15) is 0 Å². The van der Waals surface area contributed by atoms with Crippen molar-refractivity contribution in [2.75, 3.05) is 0 Å². The van der Waals surface area contributed by atoms with Crippen molar-refractivity contribution < 1.29 is 5.11 Å². The predicted molar refractivity (Wildman–Crippen MR) is 83.4 cm³/mol. The van der Waals surface area contributed by atoms with Gasteiger partial charge in [-0.3, -0.25) is 0 Å². The van der Waals surface area contributed by atoms with E-state index < -0.39 is 0 Å². The molecule has 0 radical (unpaired) electrons. The van der Waals surface area contributed by atoms with Crippen LogP contribution in [0, 0.1) is 6.92 Å². The Morgan fingerprint density at radius 2 is 2.05 bits per heavy atom. The Labute approximate surface area is 127 Å². The monoisotopic (exact) mass is 299 g/mol. The van der Waals surface area contributed by atoms with Crippen LogP contribution in [-0.2, 0) is 19.6 Å². The van der Waals surface area contributed by atoms with Crippen LogP contribution in [0.5, 0.6) is 0 Å². The highest BCUT2D eigenvalue weighted by Gasteiger charge is 2.14. The zero-order valence-electron chi connectivity index (χ0n) is 11.9. The van der Waals surface area contributed by atoms with Gasteiger partial charge in [0.1, 0.15) is 5.69 Å². The highest BCUT2D eigenvalue weighted by atomic mass is 32.1. The lowest BCUT2D eigenvalue weighted by molar-refractivity contribution is 0.275. The standard InChI is InChI=1S/C16H17N3OS/c1-12-5-2-3-6-13(12)10-19-16(15(11-20)17-18-19)9-14-7-4-8-21-14/h2-8,20H,9-11H2,1H3. The average Bonchev–Trinajstić information content (AvgIpc) is 3.13. The van der Waals surface area contributed by atoms with Crippen molar-refractivity contribution in [3.05, 3.63) is 69.2 Å². The van der Waals surface area contributed by atoms with Gasteiger partial charge in [-0.05, 0) is 29.5 Å². The van der Waals surface area contributed by atoms with Crippen LogP contribution in [-0.4, -0.2) is 20.1 Å². The van der Waals surface area contributed by atoms with Crippen LogP contribution in [0.4, 0.5) is 0 Å². The molecule has 0 saturated heterocycles. The van der Waals surface area contributed by atoms with Crippen molar-refractivity contribution in [1.82, 2.24) is 15.0 Å². The van der Waals surface area contributed by atoms with Gasteiger partial charge in [-0.1, -0.05) is 35.5 Å². The molecule has 0 aliphatic heterocycles. The van der Waals surface area contributed by atoms with Gasteiger partial charge in [0, 0.05) is 11.3 Å². The van der Waals surface area contributed by atoms with Gasteiger partial charge in [-0.15, -0.1) is 16.4 Å². The summed E-state index contributed by atoms with van der Waals surface area (Å²) in [5, 5.41) is 19.9. The van der Waals surface area contributed by atoms with Crippen molar-refractivity contribution >= 4 is 11.3 Å². The smallest absolute Gasteiger partial charge is 0.112 e. The van der Waals surface area contributed by atoms with Crippen molar-refractivity contribution in [2.24, 2.45) is 0 Å². The van der Waals surface area contributed by atoms with Gasteiger partial charge in [0.25, 0.3) is 0 Å². The molecule has 0 aliphatic carbocycles. The Kier molecular flexibility index (Phi) is 4.13. The minimum atomic E-state index is -0.0749. The van der Waals surface area contributed by atoms with Crippen molar-refractivity contribution in [3.8, 4) is 0 Å². The Morgan fingerprint density at radius 1 is 1.19 bits per heavy atom. The van der Waals surface area contributed by atoms with Crippen molar-refractivity contribution in [1.29, 1.82) is 0 Å². The minimum Gasteiger partial charge on any atom is -0.390 e. The lowest BCUT2D eigenvalue weighted by Gasteiger charge is -2.09. The summed E-state index contributed by atoms with van der Waals surface area (Å²) >= 11 is 1.71. The van der Waals surface area contributed by atoms with E-state index in [-0.39, 0.29) is 6.61 Å². The Morgan fingerprint density at radius 3 is 2.76 bits per heavy atom. The normalized spacial score (nSPS) is 11.0. The number of nitrogens with zero attached hydrogens (tertiary/aromatic N) is 3. The second-order valence-corrected chi connectivity index (χ2v) is 6.01. The Bertz CT molecular complexity index is 719. The van der Waals surface area contributed by atoms with Crippen molar-refractivity contribution in [2.45, 2.75) is 26.5 Å². The number of hydrogen-bond acceptors (Lipinski definition) is 4. The highest BCUT2D eigenvalue weighted by molar-refractivity contribution is 7.09. The van der Waals surface area contributed by atoms with Crippen molar-refractivity contribution in [3.63, 3.8) is 0 Å². The lowest BCUT2D eigenvalue weighted by Crippen LogP contribution is -2.08. The molecule has 0 bridgehead atoms. The van der Waals surface area contributed by atoms with E-state index in [1.54, 1.807) is 11.3 Å². The van der Waals surface area contributed by atoms with E-state index in [9.17, 15) is 5.11 Å². The van der Waals surface area contributed by atoms with Gasteiger partial charge in [-0.25, -0.2) is 4.68 Å². The largest absolute Gasteiger partial charge is 0.390 e. The van der Waals surface area contributed by atoms with Gasteiger partial charge in [0.05, 0.1) is 18.8 Å². The molecule has 0 fully saturated rings. The molecular weight excluding hydrogens is 282 g/mol. The maximum atomic E-state index is 9.47. The summed E-state index contributed by atoms with van der Waals surface area (Å²) in [6.45, 7) is 2.70. The van der Waals surface area contributed by atoms with E-state index in [1.165, 1.54) is 16.0 Å². The number of thiophene rings is 1. The summed E-state index contributed by atoms with van der Waals surface area (Å²) in [5.41, 5.74) is 4.11. The highest BCUT2D eigenvalue weighted by Crippen LogP contribution is 2.18. The number of hydrogen-bond donors (Lipinski definition) is 1. The molecule has 0 unspecified atom stereocenters. The van der Waals surface area contributed by atoms with Gasteiger partial charge >= 0.3 is 0 Å². The fourth-order valence-electron chi connectivity index (χ4n) is 2.34. The summed E-state index contributed by atoms with van der Waals surface area (Å²) in [7, 11) is 0. The van der Waals surface area contributed by atoms with Gasteiger partial charge in [0.15, 0.2) is 0 Å². The number of aryl methyl sites for hydroxylation is 1. The van der Waals surface area contributed by atoms with Gasteiger partial charge < -0.3 is 5.11 Å². The molecule has 2 heterocycles. The number of rotatable bonds is 5. The molecule has 5 heteroatoms. The number of aliphatic hydroxyl groups is 1. The average molecular weight is 299 g/mol. The SMILES string of the molecule is Cc1ccccc1Cn1nnc(CO)c1Cc1cccs1. The first-order chi connectivity index (χ1) is 10.3. The Hall–Kier alpha value is -1.98. The molecule has 21 heavy (non-hydrogen) atoms. The first-order valence-electron chi connectivity index (χ1n) is 6.87. The molecule has 3 rings (SSSR count). The summed E-state index contributed by atoms with van der Waals surface area (Å²) < 4.78 is 1.90. The number of aliphatic hydroxyl groups excluding tert-OH is 1. The summed E-state index contributed by atoms with van der Waals surface area (Å²) in [4.78, 5) is 1.25. The second-order valence-electron chi connectivity index (χ2n) is 4.98. The first-order valence-corrected chi connectivity index (χ1v) is 7.75. The molecule has 0 saturated carbocycles. The predicted octanol–water partition coefficient (Wildman–Crippen LogP) is 2.78. The minimum absolute atomic E-state index is 0.0749. The molecule has 1 N–H and O–H groups in total. The van der Waals surface area contributed by atoms with E-state index in [0.29, 0.717) is 12.2 Å². The maximum absolute atomic E-state index is 9.47. The Balaban J connectivity index is 1.92. The number of aromatic nitrogens is 3. The van der Waals surface area contributed by atoms with Crippen LogP contribution in [0.3, 0.4) is 0 Å². The third kappa shape index (κ3) is 3.04. The molecule has 1 aromatic carbocycles. The molecule has 2 aromatic heterocycles. The molecule has 0 aliphatic rings. The van der Waals surface area contributed by atoms with Crippen LogP contribution in [0.1, 0.15) is 27.4 Å². The first kappa shape index (κ1) is 14.0. The zero-order chi connectivity index (χ0) is 14.7. The second kappa shape index (κ2) is 6.20. The molecular formula is C16H17N3OS. The van der Waals surface area contributed by atoms with Gasteiger partial charge in [0.2, 0.25) is 0 Å². The van der Waals surface area contributed by atoms with E-state index >= 15 is 0 Å². The lowest BCUT2D eigenvalue weighted by atomic mass is 10.1. The summed E-state index contributed by atoms with van der Waals surface area (Å²) in [5.74, 6) is 0. The zero-order valence-corrected chi connectivity index (χ0v) is 12.7. The molecule has 3 aromatic rings. The molecule has 4 nitrogen and oxygen atoms in total. The number of benzene rings is 1. The summed E-state index contributed by atoms with van der Waals surface area (Å²) in [6.07, 6.45) is 0.756. The molecule has 108 valence electrons. The third-order valence-corrected chi connectivity index (χ3v) is 4.45. The fourth-order valence-corrected chi connectivity index (χ4v) is 3.05.